The molecular formula is C11H8Cl2N2O2. The van der Waals surface area contributed by atoms with E-state index in [9.17, 15) is 9.59 Å². The zero-order valence-corrected chi connectivity index (χ0v) is 10.3. The number of carbonyl (C=O) groups excluding carboxylic acids is 1. The molecular weight excluding hydrogens is 263 g/mol. The highest BCUT2D eigenvalue weighted by atomic mass is 35.5. The Hall–Kier alpha value is -1.52. The Labute approximate surface area is 107 Å². The van der Waals surface area contributed by atoms with Crippen molar-refractivity contribution in [3.63, 3.8) is 0 Å². The van der Waals surface area contributed by atoms with Gasteiger partial charge in [0.25, 0.3) is 5.56 Å². The first-order valence-corrected chi connectivity index (χ1v) is 5.49. The summed E-state index contributed by atoms with van der Waals surface area (Å²) in [5.41, 5.74) is 0.628. The Morgan fingerprint density at radius 2 is 2.06 bits per heavy atom. The molecule has 0 amide bonds. The molecule has 0 spiro atoms. The van der Waals surface area contributed by atoms with E-state index in [4.69, 9.17) is 23.2 Å². The number of aldehydes is 1. The van der Waals surface area contributed by atoms with Crippen LogP contribution in [-0.2, 0) is 7.05 Å². The van der Waals surface area contributed by atoms with E-state index < -0.39 is 0 Å². The van der Waals surface area contributed by atoms with Gasteiger partial charge in [0.2, 0.25) is 0 Å². The summed E-state index contributed by atoms with van der Waals surface area (Å²) in [5.74, 6) is 0. The number of halogens is 2. The molecule has 0 radical (unpaired) electrons. The van der Waals surface area contributed by atoms with E-state index in [0.717, 1.165) is 0 Å². The lowest BCUT2D eigenvalue weighted by Gasteiger charge is -2.02. The van der Waals surface area contributed by atoms with Crippen molar-refractivity contribution in [2.45, 2.75) is 0 Å². The average molecular weight is 271 g/mol. The fourth-order valence-electron chi connectivity index (χ4n) is 1.57. The molecule has 17 heavy (non-hydrogen) atoms. The number of aromatic amines is 1. The molecule has 2 rings (SSSR count). The van der Waals surface area contributed by atoms with Gasteiger partial charge in [-0.15, -0.1) is 0 Å². The number of hydrogen-bond donors (Lipinski definition) is 1. The zero-order valence-electron chi connectivity index (χ0n) is 8.83. The van der Waals surface area contributed by atoms with Gasteiger partial charge in [0, 0.05) is 17.6 Å². The van der Waals surface area contributed by atoms with E-state index in [1.165, 1.54) is 11.7 Å². The summed E-state index contributed by atoms with van der Waals surface area (Å²) < 4.78 is 1.23. The Balaban J connectivity index is 2.72. The van der Waals surface area contributed by atoms with Crippen LogP contribution in [0.25, 0.3) is 11.3 Å². The van der Waals surface area contributed by atoms with E-state index in [2.05, 4.69) is 5.10 Å². The predicted molar refractivity (Wildman–Crippen MR) is 66.9 cm³/mol. The van der Waals surface area contributed by atoms with Gasteiger partial charge in [-0.25, -0.2) is 0 Å². The molecule has 1 N–H and O–H groups in total. The number of nitrogens with one attached hydrogen (secondary N) is 1. The summed E-state index contributed by atoms with van der Waals surface area (Å²) in [4.78, 5) is 22.5. The standard InChI is InChI=1S/C11H8Cl2N2O2/c1-15-11(17)8(5-16)10(14-15)7-3-2-6(12)4-9(7)13/h2-5,14H,1H3. The Morgan fingerprint density at radius 3 is 2.65 bits per heavy atom. The summed E-state index contributed by atoms with van der Waals surface area (Å²) in [7, 11) is 1.53. The molecule has 0 fully saturated rings. The van der Waals surface area contributed by atoms with Crippen molar-refractivity contribution < 1.29 is 4.79 Å². The summed E-state index contributed by atoms with van der Waals surface area (Å²) in [6, 6.07) is 4.85. The minimum absolute atomic E-state index is 0.0525. The third kappa shape index (κ3) is 2.01. The van der Waals surface area contributed by atoms with Gasteiger partial charge < -0.3 is 0 Å². The fourth-order valence-corrected chi connectivity index (χ4v) is 2.08. The second-order valence-electron chi connectivity index (χ2n) is 3.51. The van der Waals surface area contributed by atoms with Crippen LogP contribution in [-0.4, -0.2) is 16.1 Å². The monoisotopic (exact) mass is 270 g/mol. The highest BCUT2D eigenvalue weighted by Gasteiger charge is 2.15. The minimum atomic E-state index is -0.388. The van der Waals surface area contributed by atoms with Crippen LogP contribution in [0.4, 0.5) is 0 Å². The summed E-state index contributed by atoms with van der Waals surface area (Å²) in [6.07, 6.45) is 0.513. The maximum absolute atomic E-state index is 11.6. The van der Waals surface area contributed by atoms with Crippen LogP contribution in [0.3, 0.4) is 0 Å². The third-order valence-electron chi connectivity index (χ3n) is 2.40. The topological polar surface area (TPSA) is 54.9 Å². The number of carbonyl (C=O) groups is 1. The lowest BCUT2D eigenvalue weighted by molar-refractivity contribution is 0.112. The molecule has 0 bridgehead atoms. The Kier molecular flexibility index (Phi) is 3.09. The quantitative estimate of drug-likeness (QED) is 0.853. The molecule has 0 saturated heterocycles. The number of aromatic nitrogens is 2. The second kappa shape index (κ2) is 4.39. The van der Waals surface area contributed by atoms with Gasteiger partial charge in [0.15, 0.2) is 6.29 Å². The Bertz CT molecular complexity index is 643. The molecule has 0 atom stereocenters. The van der Waals surface area contributed by atoms with Crippen LogP contribution < -0.4 is 5.56 Å². The number of hydrogen-bond acceptors (Lipinski definition) is 2. The molecule has 0 saturated carbocycles. The molecule has 0 unspecified atom stereocenters. The van der Waals surface area contributed by atoms with Crippen molar-refractivity contribution >= 4 is 29.5 Å². The molecule has 0 aliphatic carbocycles. The average Bonchev–Trinajstić information content (AvgIpc) is 2.55. The normalized spacial score (nSPS) is 10.5. The third-order valence-corrected chi connectivity index (χ3v) is 2.95. The minimum Gasteiger partial charge on any atom is -0.298 e. The van der Waals surface area contributed by atoms with E-state index in [1.54, 1.807) is 18.2 Å². The van der Waals surface area contributed by atoms with Crippen LogP contribution in [0.1, 0.15) is 10.4 Å². The van der Waals surface area contributed by atoms with Crippen molar-refractivity contribution in [2.24, 2.45) is 7.05 Å². The summed E-state index contributed by atoms with van der Waals surface area (Å²) in [5, 5.41) is 3.65. The molecule has 6 heteroatoms. The fraction of sp³-hybridized carbons (Fsp3) is 0.0909. The molecule has 1 heterocycles. The van der Waals surface area contributed by atoms with Crippen LogP contribution in [0.2, 0.25) is 10.0 Å². The number of aryl methyl sites for hydroxylation is 1. The van der Waals surface area contributed by atoms with Gasteiger partial charge in [-0.05, 0) is 18.2 Å². The lowest BCUT2D eigenvalue weighted by Crippen LogP contribution is -2.14. The first-order valence-electron chi connectivity index (χ1n) is 4.74. The summed E-state index contributed by atoms with van der Waals surface area (Å²) in [6.45, 7) is 0. The van der Waals surface area contributed by atoms with Gasteiger partial charge >= 0.3 is 0 Å². The van der Waals surface area contributed by atoms with Crippen molar-refractivity contribution in [2.75, 3.05) is 0 Å². The zero-order chi connectivity index (χ0) is 12.6. The van der Waals surface area contributed by atoms with E-state index in [1.807, 2.05) is 0 Å². The van der Waals surface area contributed by atoms with Crippen molar-refractivity contribution in [3.8, 4) is 11.3 Å². The van der Waals surface area contributed by atoms with Crippen molar-refractivity contribution in [3.05, 3.63) is 44.2 Å². The van der Waals surface area contributed by atoms with Crippen LogP contribution in [0, 0.1) is 0 Å². The smallest absolute Gasteiger partial charge is 0.277 e. The van der Waals surface area contributed by atoms with Crippen molar-refractivity contribution in [1.82, 2.24) is 9.78 Å². The SMILES string of the molecule is Cn1[nH]c(-c2ccc(Cl)cc2Cl)c(C=O)c1=O. The maximum Gasteiger partial charge on any atom is 0.277 e. The van der Waals surface area contributed by atoms with Gasteiger partial charge in [0.05, 0.1) is 10.7 Å². The molecule has 1 aromatic heterocycles. The van der Waals surface area contributed by atoms with Gasteiger partial charge in [-0.2, -0.15) is 0 Å². The van der Waals surface area contributed by atoms with Crippen LogP contribution in [0.5, 0.6) is 0 Å². The molecule has 88 valence electrons. The Morgan fingerprint density at radius 1 is 1.35 bits per heavy atom. The predicted octanol–water partition coefficient (Wildman–Crippen LogP) is 2.50. The van der Waals surface area contributed by atoms with Gasteiger partial charge in [-0.3, -0.25) is 19.4 Å². The molecule has 4 nitrogen and oxygen atoms in total. The molecule has 0 aliphatic heterocycles. The van der Waals surface area contributed by atoms with E-state index in [0.29, 0.717) is 27.6 Å². The molecule has 1 aromatic carbocycles. The maximum atomic E-state index is 11.6. The number of rotatable bonds is 2. The van der Waals surface area contributed by atoms with E-state index >= 15 is 0 Å². The lowest BCUT2D eigenvalue weighted by atomic mass is 10.1. The number of H-pyrrole nitrogens is 1. The first kappa shape index (κ1) is 12.0. The largest absolute Gasteiger partial charge is 0.298 e. The molecule has 2 aromatic rings. The van der Waals surface area contributed by atoms with Gasteiger partial charge in [-0.1, -0.05) is 23.2 Å². The summed E-state index contributed by atoms with van der Waals surface area (Å²) >= 11 is 11.8. The highest BCUT2D eigenvalue weighted by Crippen LogP contribution is 2.29. The molecule has 0 aliphatic rings. The van der Waals surface area contributed by atoms with Crippen molar-refractivity contribution in [1.29, 1.82) is 0 Å². The van der Waals surface area contributed by atoms with Crippen LogP contribution in [0.15, 0.2) is 23.0 Å². The number of nitrogens with zero attached hydrogens (tertiary/aromatic N) is 1. The van der Waals surface area contributed by atoms with Gasteiger partial charge in [0.1, 0.15) is 5.56 Å². The first-order chi connectivity index (χ1) is 8.04. The number of benzene rings is 1. The second-order valence-corrected chi connectivity index (χ2v) is 4.35. The highest BCUT2D eigenvalue weighted by molar-refractivity contribution is 6.36. The van der Waals surface area contributed by atoms with E-state index in [-0.39, 0.29) is 11.1 Å². The van der Waals surface area contributed by atoms with Crippen LogP contribution >= 0.6 is 23.2 Å².